The summed E-state index contributed by atoms with van der Waals surface area (Å²) >= 11 is 0. The molecule has 0 unspecified atom stereocenters. The number of fused-ring (bicyclic) bond motifs is 1. The van der Waals surface area contributed by atoms with Crippen molar-refractivity contribution in [3.05, 3.63) is 23.0 Å². The lowest BCUT2D eigenvalue weighted by molar-refractivity contribution is -0.122. The number of carbonyl (C=O) groups excluding carboxylic acids is 2. The van der Waals surface area contributed by atoms with Crippen LogP contribution in [0.5, 0.6) is 0 Å². The Morgan fingerprint density at radius 1 is 1.35 bits per heavy atom. The third-order valence-corrected chi connectivity index (χ3v) is 5.10. The summed E-state index contributed by atoms with van der Waals surface area (Å²) in [6.45, 7) is 2.73. The summed E-state index contributed by atoms with van der Waals surface area (Å²) in [4.78, 5) is 29.8. The Kier molecular flexibility index (Phi) is 4.61. The first-order chi connectivity index (χ1) is 12.7. The number of aromatic nitrogens is 2. The molecule has 1 saturated heterocycles. The summed E-state index contributed by atoms with van der Waals surface area (Å²) in [6.07, 6.45) is 6.31. The van der Waals surface area contributed by atoms with Gasteiger partial charge in [0.1, 0.15) is 6.04 Å². The van der Waals surface area contributed by atoms with Gasteiger partial charge in [0, 0.05) is 18.2 Å². The van der Waals surface area contributed by atoms with E-state index in [4.69, 9.17) is 4.52 Å². The first-order valence-corrected chi connectivity index (χ1v) is 9.55. The molecule has 0 bridgehead atoms. The topological polar surface area (TPSA) is 97.1 Å². The van der Waals surface area contributed by atoms with Crippen LogP contribution >= 0.6 is 0 Å². The maximum Gasteiger partial charge on any atom is 0.259 e. The fraction of sp³-hybridized carbons (Fsp3) is 0.579. The van der Waals surface area contributed by atoms with Gasteiger partial charge in [0.15, 0.2) is 0 Å². The Hall–Kier alpha value is -2.44. The molecule has 3 heterocycles. The number of rotatable bonds is 5. The predicted molar refractivity (Wildman–Crippen MR) is 95.9 cm³/mol. The van der Waals surface area contributed by atoms with Gasteiger partial charge in [0.25, 0.3) is 11.6 Å². The van der Waals surface area contributed by atoms with Crippen LogP contribution in [-0.2, 0) is 11.2 Å². The van der Waals surface area contributed by atoms with E-state index in [9.17, 15) is 9.59 Å². The van der Waals surface area contributed by atoms with E-state index in [1.807, 2.05) is 6.07 Å². The Morgan fingerprint density at radius 3 is 2.96 bits per heavy atom. The Balaban J connectivity index is 1.69. The van der Waals surface area contributed by atoms with Gasteiger partial charge in [-0.25, -0.2) is 4.98 Å². The number of hydrogen-bond donors (Lipinski definition) is 2. The van der Waals surface area contributed by atoms with Crippen LogP contribution in [0, 0.1) is 0 Å². The van der Waals surface area contributed by atoms with Gasteiger partial charge in [-0.15, -0.1) is 0 Å². The Labute approximate surface area is 151 Å². The highest BCUT2D eigenvalue weighted by Crippen LogP contribution is 2.40. The third-order valence-electron chi connectivity index (χ3n) is 5.10. The van der Waals surface area contributed by atoms with Crippen molar-refractivity contribution in [1.29, 1.82) is 0 Å². The molecule has 138 valence electrons. The molecular weight excluding hydrogens is 332 g/mol. The van der Waals surface area contributed by atoms with Gasteiger partial charge in [0.2, 0.25) is 5.91 Å². The highest BCUT2D eigenvalue weighted by Gasteiger charge is 2.30. The van der Waals surface area contributed by atoms with Gasteiger partial charge in [-0.2, -0.15) is 0 Å². The van der Waals surface area contributed by atoms with Crippen molar-refractivity contribution in [2.24, 2.45) is 0 Å². The van der Waals surface area contributed by atoms with Crippen LogP contribution in [0.3, 0.4) is 0 Å². The minimum absolute atomic E-state index is 0.109. The molecule has 1 atom stereocenters. The number of nitrogens with zero attached hydrogens (tertiary/aromatic N) is 2. The van der Waals surface area contributed by atoms with Crippen molar-refractivity contribution in [3.8, 4) is 0 Å². The van der Waals surface area contributed by atoms with Crippen molar-refractivity contribution in [1.82, 2.24) is 20.8 Å². The summed E-state index contributed by atoms with van der Waals surface area (Å²) in [7, 11) is 0. The molecule has 1 saturated carbocycles. The SMILES string of the molecule is CCCc1noc2nc(C3CC3)cc(C(=O)N[C@@H]3CCCCNC3=O)c12. The summed E-state index contributed by atoms with van der Waals surface area (Å²) < 4.78 is 5.42. The molecule has 0 spiro atoms. The van der Waals surface area contributed by atoms with E-state index in [0.29, 0.717) is 35.5 Å². The van der Waals surface area contributed by atoms with Crippen molar-refractivity contribution in [2.75, 3.05) is 6.54 Å². The molecule has 0 aromatic carbocycles. The number of nitrogens with one attached hydrogen (secondary N) is 2. The van der Waals surface area contributed by atoms with E-state index >= 15 is 0 Å². The van der Waals surface area contributed by atoms with E-state index in [1.165, 1.54) is 0 Å². The molecular formula is C19H24N4O3. The molecule has 7 nitrogen and oxygen atoms in total. The van der Waals surface area contributed by atoms with Crippen molar-refractivity contribution in [2.45, 2.75) is 63.8 Å². The van der Waals surface area contributed by atoms with Crippen LogP contribution in [0.1, 0.15) is 73.1 Å². The summed E-state index contributed by atoms with van der Waals surface area (Å²) in [5.41, 5.74) is 2.59. The summed E-state index contributed by atoms with van der Waals surface area (Å²) in [5, 5.41) is 10.6. The van der Waals surface area contributed by atoms with Crippen molar-refractivity contribution in [3.63, 3.8) is 0 Å². The number of carbonyl (C=O) groups is 2. The lowest BCUT2D eigenvalue weighted by Crippen LogP contribution is -2.45. The van der Waals surface area contributed by atoms with Crippen LogP contribution in [0.2, 0.25) is 0 Å². The largest absolute Gasteiger partial charge is 0.354 e. The Bertz CT molecular complexity index is 841. The van der Waals surface area contributed by atoms with Gasteiger partial charge >= 0.3 is 0 Å². The quantitative estimate of drug-likeness (QED) is 0.858. The van der Waals surface area contributed by atoms with E-state index in [2.05, 4.69) is 27.7 Å². The second-order valence-corrected chi connectivity index (χ2v) is 7.24. The number of hydrogen-bond acceptors (Lipinski definition) is 5. The molecule has 2 N–H and O–H groups in total. The highest BCUT2D eigenvalue weighted by atomic mass is 16.5. The normalized spacial score (nSPS) is 20.7. The maximum absolute atomic E-state index is 13.0. The van der Waals surface area contributed by atoms with Crippen molar-refractivity contribution >= 4 is 22.9 Å². The van der Waals surface area contributed by atoms with E-state index < -0.39 is 6.04 Å². The molecule has 4 rings (SSSR count). The van der Waals surface area contributed by atoms with Gasteiger partial charge in [-0.1, -0.05) is 18.5 Å². The van der Waals surface area contributed by atoms with Crippen LogP contribution in [0.4, 0.5) is 0 Å². The smallest absolute Gasteiger partial charge is 0.259 e. The molecule has 2 amide bonds. The predicted octanol–water partition coefficient (Wildman–Crippen LogP) is 2.45. The average molecular weight is 356 g/mol. The maximum atomic E-state index is 13.0. The molecule has 1 aliphatic heterocycles. The molecule has 0 radical (unpaired) electrons. The zero-order valence-electron chi connectivity index (χ0n) is 15.0. The van der Waals surface area contributed by atoms with Gasteiger partial charge < -0.3 is 15.2 Å². The highest BCUT2D eigenvalue weighted by molar-refractivity contribution is 6.07. The molecule has 1 aliphatic carbocycles. The first-order valence-electron chi connectivity index (χ1n) is 9.55. The Morgan fingerprint density at radius 2 is 2.19 bits per heavy atom. The van der Waals surface area contributed by atoms with Gasteiger partial charge in [-0.05, 0) is 44.6 Å². The number of aryl methyl sites for hydroxylation is 1. The van der Waals surface area contributed by atoms with Crippen LogP contribution in [-0.4, -0.2) is 34.5 Å². The number of amides is 2. The second kappa shape index (κ2) is 7.05. The van der Waals surface area contributed by atoms with Crippen LogP contribution in [0.15, 0.2) is 10.6 Å². The lowest BCUT2D eigenvalue weighted by atomic mass is 10.0. The van der Waals surface area contributed by atoms with Gasteiger partial charge in [-0.3, -0.25) is 9.59 Å². The van der Waals surface area contributed by atoms with Crippen LogP contribution in [0.25, 0.3) is 11.1 Å². The molecule has 26 heavy (non-hydrogen) atoms. The lowest BCUT2D eigenvalue weighted by Gasteiger charge is -2.16. The van der Waals surface area contributed by atoms with Crippen LogP contribution < -0.4 is 10.6 Å². The fourth-order valence-corrected chi connectivity index (χ4v) is 3.52. The third kappa shape index (κ3) is 3.30. The average Bonchev–Trinajstić information content (AvgIpc) is 3.43. The standard InChI is InChI=1S/C19H24N4O3/c1-2-5-13-16-12(10-15(11-7-8-11)22-19(16)26-23-13)17(24)21-14-6-3-4-9-20-18(14)25/h10-11,14H,2-9H2,1H3,(H,20,25)(H,21,24)/t14-/m1/s1. The zero-order valence-corrected chi connectivity index (χ0v) is 15.0. The molecule has 7 heteroatoms. The minimum Gasteiger partial charge on any atom is -0.354 e. The zero-order chi connectivity index (χ0) is 18.1. The minimum atomic E-state index is -0.493. The fourth-order valence-electron chi connectivity index (χ4n) is 3.52. The van der Waals surface area contributed by atoms with Gasteiger partial charge in [0.05, 0.1) is 16.6 Å². The molecule has 2 aromatic rings. The second-order valence-electron chi connectivity index (χ2n) is 7.24. The van der Waals surface area contributed by atoms with E-state index in [0.717, 1.165) is 49.9 Å². The van der Waals surface area contributed by atoms with E-state index in [1.54, 1.807) is 0 Å². The molecule has 2 aliphatic rings. The molecule has 2 aromatic heterocycles. The van der Waals surface area contributed by atoms with Crippen molar-refractivity contribution < 1.29 is 14.1 Å². The number of pyridine rings is 1. The first kappa shape index (κ1) is 17.0. The summed E-state index contributed by atoms with van der Waals surface area (Å²) in [5.74, 6) is 0.0384. The van der Waals surface area contributed by atoms with E-state index in [-0.39, 0.29) is 11.8 Å². The monoisotopic (exact) mass is 356 g/mol. The molecule has 2 fully saturated rings. The summed E-state index contributed by atoms with van der Waals surface area (Å²) in [6, 6.07) is 1.37.